The molecule has 1 saturated heterocycles. The van der Waals surface area contributed by atoms with Crippen LogP contribution in [0, 0.1) is 0 Å². The Balaban J connectivity index is 1.66. The van der Waals surface area contributed by atoms with Gasteiger partial charge in [-0.25, -0.2) is 4.79 Å². The average Bonchev–Trinajstić information content (AvgIpc) is 3.05. The van der Waals surface area contributed by atoms with Crippen LogP contribution in [-0.4, -0.2) is 60.6 Å². The van der Waals surface area contributed by atoms with Crippen molar-refractivity contribution in [3.8, 4) is 0 Å². The van der Waals surface area contributed by atoms with Crippen molar-refractivity contribution in [1.29, 1.82) is 0 Å². The van der Waals surface area contributed by atoms with Crippen LogP contribution in [0.4, 0.5) is 4.79 Å². The van der Waals surface area contributed by atoms with E-state index >= 15 is 0 Å². The minimum absolute atomic E-state index is 0.131. The minimum Gasteiger partial charge on any atom is -0.450 e. The fraction of sp³-hybridized carbons (Fsp3) is 0.444. The molecule has 24 heavy (non-hydrogen) atoms. The number of ketones is 1. The number of quaternary nitrogens is 1. The molecule has 0 unspecified atom stereocenters. The summed E-state index contributed by atoms with van der Waals surface area (Å²) in [6, 6.07) is 7.72. The van der Waals surface area contributed by atoms with Crippen molar-refractivity contribution in [2.75, 3.05) is 32.8 Å². The number of carbonyl (C=O) groups excluding carboxylic acids is 2. The van der Waals surface area contributed by atoms with Gasteiger partial charge >= 0.3 is 6.09 Å². The molecule has 1 amide bonds. The molecule has 0 aliphatic carbocycles. The van der Waals surface area contributed by atoms with Gasteiger partial charge in [0, 0.05) is 22.7 Å². The number of carbonyl (C=O) groups is 2. The topological polar surface area (TPSA) is 66.8 Å². The van der Waals surface area contributed by atoms with Crippen LogP contribution < -0.4 is 4.90 Å². The van der Waals surface area contributed by atoms with Gasteiger partial charge in [0.15, 0.2) is 0 Å². The first-order chi connectivity index (χ1) is 11.6. The van der Waals surface area contributed by atoms with E-state index in [0.717, 1.165) is 29.6 Å². The molecule has 1 fully saturated rings. The largest absolute Gasteiger partial charge is 0.450 e. The second kappa shape index (κ2) is 7.05. The van der Waals surface area contributed by atoms with Gasteiger partial charge in [0.2, 0.25) is 5.78 Å². The van der Waals surface area contributed by atoms with Crippen LogP contribution in [0.3, 0.4) is 0 Å². The Morgan fingerprint density at radius 2 is 2.00 bits per heavy atom. The van der Waals surface area contributed by atoms with Gasteiger partial charge in [0.25, 0.3) is 0 Å². The third kappa shape index (κ3) is 3.14. The van der Waals surface area contributed by atoms with Crippen LogP contribution in [0.5, 0.6) is 0 Å². The average molecular weight is 330 g/mol. The Bertz CT molecular complexity index is 732. The zero-order chi connectivity index (χ0) is 17.1. The fourth-order valence-electron chi connectivity index (χ4n) is 3.32. The number of nitrogens with zero attached hydrogens (tertiary/aromatic N) is 1. The third-order valence-corrected chi connectivity index (χ3v) is 4.79. The molecule has 1 atom stereocenters. The Labute approximate surface area is 141 Å². The molecular formula is C18H24N3O3+. The molecule has 2 aromatic rings. The van der Waals surface area contributed by atoms with E-state index in [1.165, 1.54) is 4.90 Å². The SMILES string of the molecule is CCOC(=O)N1CC[NH+]([C@H](C)C(=O)c2c[nH]c3ccccc23)CC1. The molecule has 1 aromatic carbocycles. The second-order valence-electron chi connectivity index (χ2n) is 6.18. The van der Waals surface area contributed by atoms with E-state index in [2.05, 4.69) is 4.98 Å². The number of amides is 1. The number of piperazine rings is 1. The standard InChI is InChI=1S/C18H23N3O3/c1-3-24-18(23)21-10-8-20(9-11-21)13(2)17(22)15-12-19-16-7-5-4-6-14(15)16/h4-7,12-13,19H,3,8-11H2,1-2H3/p+1/t13-/m1/s1. The summed E-state index contributed by atoms with van der Waals surface area (Å²) >= 11 is 0. The number of nitrogens with one attached hydrogen (secondary N) is 2. The van der Waals surface area contributed by atoms with Gasteiger partial charge in [-0.15, -0.1) is 0 Å². The molecule has 0 radical (unpaired) electrons. The summed E-state index contributed by atoms with van der Waals surface area (Å²) in [5, 5.41) is 0.971. The van der Waals surface area contributed by atoms with Gasteiger partial charge in [-0.2, -0.15) is 0 Å². The zero-order valence-corrected chi connectivity index (χ0v) is 14.2. The van der Waals surface area contributed by atoms with Crippen molar-refractivity contribution < 1.29 is 19.2 Å². The Hall–Kier alpha value is -2.34. The summed E-state index contributed by atoms with van der Waals surface area (Å²) in [6.45, 7) is 6.93. The number of H-pyrrole nitrogens is 1. The van der Waals surface area contributed by atoms with Gasteiger partial charge in [-0.1, -0.05) is 18.2 Å². The van der Waals surface area contributed by atoms with E-state index in [1.807, 2.05) is 31.2 Å². The summed E-state index contributed by atoms with van der Waals surface area (Å²) < 4.78 is 5.04. The number of ether oxygens (including phenoxy) is 1. The summed E-state index contributed by atoms with van der Waals surface area (Å²) in [7, 11) is 0. The lowest BCUT2D eigenvalue weighted by atomic mass is 10.0. The maximum atomic E-state index is 12.9. The van der Waals surface area contributed by atoms with Gasteiger partial charge in [-0.3, -0.25) is 9.69 Å². The third-order valence-electron chi connectivity index (χ3n) is 4.79. The maximum Gasteiger partial charge on any atom is 0.410 e. The van der Waals surface area contributed by atoms with E-state index in [9.17, 15) is 9.59 Å². The number of aromatic nitrogens is 1. The molecule has 0 saturated carbocycles. The molecule has 6 heteroatoms. The lowest BCUT2D eigenvalue weighted by Gasteiger charge is -2.34. The molecule has 2 heterocycles. The number of para-hydroxylation sites is 1. The Morgan fingerprint density at radius 1 is 1.29 bits per heavy atom. The van der Waals surface area contributed by atoms with E-state index in [-0.39, 0.29) is 17.9 Å². The molecule has 0 bridgehead atoms. The Kier molecular flexibility index (Phi) is 4.85. The highest BCUT2D eigenvalue weighted by molar-refractivity contribution is 6.09. The summed E-state index contributed by atoms with van der Waals surface area (Å²) in [5.74, 6) is 0.145. The highest BCUT2D eigenvalue weighted by Gasteiger charge is 2.32. The number of fused-ring (bicyclic) bond motifs is 1. The lowest BCUT2D eigenvalue weighted by molar-refractivity contribution is -0.917. The predicted molar refractivity (Wildman–Crippen MR) is 91.4 cm³/mol. The number of Topliss-reactive ketones (excluding diaryl/α,β-unsaturated/α-hetero) is 1. The van der Waals surface area contributed by atoms with Crippen LogP contribution in [0.2, 0.25) is 0 Å². The van der Waals surface area contributed by atoms with Crippen LogP contribution in [-0.2, 0) is 4.74 Å². The number of aromatic amines is 1. The van der Waals surface area contributed by atoms with Crippen molar-refractivity contribution in [3.05, 3.63) is 36.0 Å². The van der Waals surface area contributed by atoms with Gasteiger partial charge in [0.1, 0.15) is 6.04 Å². The number of hydrogen-bond donors (Lipinski definition) is 2. The van der Waals surface area contributed by atoms with Gasteiger partial charge in [0.05, 0.1) is 32.8 Å². The molecule has 6 nitrogen and oxygen atoms in total. The van der Waals surface area contributed by atoms with Crippen molar-refractivity contribution in [2.24, 2.45) is 0 Å². The highest BCUT2D eigenvalue weighted by Crippen LogP contribution is 2.18. The molecule has 0 spiro atoms. The van der Waals surface area contributed by atoms with E-state index in [1.54, 1.807) is 18.0 Å². The van der Waals surface area contributed by atoms with Crippen LogP contribution in [0.1, 0.15) is 24.2 Å². The molecule has 2 N–H and O–H groups in total. The van der Waals surface area contributed by atoms with E-state index in [0.29, 0.717) is 19.7 Å². The van der Waals surface area contributed by atoms with Crippen LogP contribution in [0.15, 0.2) is 30.5 Å². The molecule has 128 valence electrons. The first kappa shape index (κ1) is 16.5. The number of rotatable bonds is 4. The first-order valence-electron chi connectivity index (χ1n) is 8.48. The molecule has 3 rings (SSSR count). The second-order valence-corrected chi connectivity index (χ2v) is 6.18. The normalized spacial score (nSPS) is 17.0. The summed E-state index contributed by atoms with van der Waals surface area (Å²) in [4.78, 5) is 30.8. The molecule has 1 aromatic heterocycles. The quantitative estimate of drug-likeness (QED) is 0.825. The van der Waals surface area contributed by atoms with Crippen molar-refractivity contribution in [3.63, 3.8) is 0 Å². The molecule has 1 aliphatic rings. The Morgan fingerprint density at radius 3 is 2.71 bits per heavy atom. The maximum absolute atomic E-state index is 12.9. The fourth-order valence-corrected chi connectivity index (χ4v) is 3.32. The highest BCUT2D eigenvalue weighted by atomic mass is 16.6. The van der Waals surface area contributed by atoms with E-state index < -0.39 is 0 Å². The number of benzene rings is 1. The predicted octanol–water partition coefficient (Wildman–Crippen LogP) is 1.10. The number of hydrogen-bond acceptors (Lipinski definition) is 3. The van der Waals surface area contributed by atoms with E-state index in [4.69, 9.17) is 4.74 Å². The van der Waals surface area contributed by atoms with Crippen LogP contribution in [0.25, 0.3) is 10.9 Å². The zero-order valence-electron chi connectivity index (χ0n) is 14.2. The van der Waals surface area contributed by atoms with Crippen molar-refractivity contribution >= 4 is 22.8 Å². The summed E-state index contributed by atoms with van der Waals surface area (Å²) in [6.07, 6.45) is 1.55. The monoisotopic (exact) mass is 330 g/mol. The lowest BCUT2D eigenvalue weighted by Crippen LogP contribution is -3.18. The summed E-state index contributed by atoms with van der Waals surface area (Å²) in [5.41, 5.74) is 1.73. The van der Waals surface area contributed by atoms with Crippen LogP contribution >= 0.6 is 0 Å². The smallest absolute Gasteiger partial charge is 0.410 e. The van der Waals surface area contributed by atoms with Crippen molar-refractivity contribution in [1.82, 2.24) is 9.88 Å². The van der Waals surface area contributed by atoms with Gasteiger partial charge < -0.3 is 14.6 Å². The first-order valence-corrected chi connectivity index (χ1v) is 8.48. The molecule has 1 aliphatic heterocycles. The minimum atomic E-state index is -0.257. The van der Waals surface area contributed by atoms with Crippen molar-refractivity contribution in [2.45, 2.75) is 19.9 Å². The molecular weight excluding hydrogens is 306 g/mol. The van der Waals surface area contributed by atoms with Gasteiger partial charge in [-0.05, 0) is 19.9 Å².